The van der Waals surface area contributed by atoms with Crippen LogP contribution in [0, 0.1) is 13.8 Å². The molecule has 2 rings (SSSR count). The molecule has 1 aliphatic heterocycles. The number of fused-ring (bicyclic) bond motifs is 1. The standard InChI is InChI=1S/C16H22N2O2/c1-5-6-9-18-15-11(3)8-7-10(2)13(15)14(16(18)20)17-12(4)19/h7-8,14H,5-6,9H2,1-4H3,(H,17,19)/t14-/m0/s1. The lowest BCUT2D eigenvalue weighted by Crippen LogP contribution is -2.37. The van der Waals surface area contributed by atoms with Crippen molar-refractivity contribution in [2.45, 2.75) is 46.6 Å². The first-order valence-corrected chi connectivity index (χ1v) is 7.16. The van der Waals surface area contributed by atoms with Gasteiger partial charge in [-0.05, 0) is 31.4 Å². The van der Waals surface area contributed by atoms with E-state index in [-0.39, 0.29) is 11.8 Å². The Hall–Kier alpha value is -1.84. The normalized spacial score (nSPS) is 17.3. The molecule has 1 atom stereocenters. The van der Waals surface area contributed by atoms with Gasteiger partial charge < -0.3 is 10.2 Å². The molecule has 2 amide bonds. The van der Waals surface area contributed by atoms with E-state index < -0.39 is 6.04 Å². The third-order valence-electron chi connectivity index (χ3n) is 3.79. The number of nitrogens with zero attached hydrogens (tertiary/aromatic N) is 1. The smallest absolute Gasteiger partial charge is 0.254 e. The van der Waals surface area contributed by atoms with Gasteiger partial charge in [0.15, 0.2) is 0 Å². The molecule has 1 N–H and O–H groups in total. The lowest BCUT2D eigenvalue weighted by atomic mass is 9.99. The highest BCUT2D eigenvalue weighted by Crippen LogP contribution is 2.40. The zero-order chi connectivity index (χ0) is 14.9. The van der Waals surface area contributed by atoms with Gasteiger partial charge in [-0.25, -0.2) is 0 Å². The summed E-state index contributed by atoms with van der Waals surface area (Å²) in [7, 11) is 0. The molecule has 0 fully saturated rings. The molecule has 20 heavy (non-hydrogen) atoms. The maximum Gasteiger partial charge on any atom is 0.254 e. The van der Waals surface area contributed by atoms with E-state index in [0.717, 1.165) is 35.2 Å². The van der Waals surface area contributed by atoms with E-state index in [4.69, 9.17) is 0 Å². The van der Waals surface area contributed by atoms with Gasteiger partial charge in [0.1, 0.15) is 6.04 Å². The van der Waals surface area contributed by atoms with E-state index in [1.54, 1.807) is 0 Å². The highest BCUT2D eigenvalue weighted by atomic mass is 16.2. The summed E-state index contributed by atoms with van der Waals surface area (Å²) in [6.45, 7) is 8.27. The van der Waals surface area contributed by atoms with Crippen LogP contribution in [0.1, 0.15) is 49.4 Å². The molecule has 0 spiro atoms. The Morgan fingerprint density at radius 1 is 1.30 bits per heavy atom. The van der Waals surface area contributed by atoms with Crippen LogP contribution in [0.3, 0.4) is 0 Å². The van der Waals surface area contributed by atoms with Crippen LogP contribution in [0.2, 0.25) is 0 Å². The SMILES string of the molecule is CCCCN1C(=O)[C@@H](NC(C)=O)c2c(C)ccc(C)c21. The molecular formula is C16H22N2O2. The van der Waals surface area contributed by atoms with Gasteiger partial charge in [-0.2, -0.15) is 0 Å². The Balaban J connectivity index is 2.49. The first-order valence-electron chi connectivity index (χ1n) is 7.16. The van der Waals surface area contributed by atoms with E-state index in [0.29, 0.717) is 6.54 Å². The summed E-state index contributed by atoms with van der Waals surface area (Å²) >= 11 is 0. The van der Waals surface area contributed by atoms with Gasteiger partial charge in [-0.3, -0.25) is 9.59 Å². The molecule has 4 heteroatoms. The summed E-state index contributed by atoms with van der Waals surface area (Å²) in [5.74, 6) is -0.186. The lowest BCUT2D eigenvalue weighted by molar-refractivity contribution is -0.126. The molecule has 1 aromatic rings. The van der Waals surface area contributed by atoms with Crippen LogP contribution in [0.25, 0.3) is 0 Å². The van der Waals surface area contributed by atoms with Gasteiger partial charge in [0.05, 0.1) is 5.69 Å². The topological polar surface area (TPSA) is 49.4 Å². The average molecular weight is 274 g/mol. The summed E-state index contributed by atoms with van der Waals surface area (Å²) in [6, 6.07) is 3.52. The second kappa shape index (κ2) is 5.65. The van der Waals surface area contributed by atoms with Crippen molar-refractivity contribution < 1.29 is 9.59 Å². The maximum atomic E-state index is 12.6. The van der Waals surface area contributed by atoms with Crippen molar-refractivity contribution in [2.24, 2.45) is 0 Å². The molecule has 1 aromatic carbocycles. The number of nitrogens with one attached hydrogen (secondary N) is 1. The number of carbonyl (C=O) groups is 2. The zero-order valence-corrected chi connectivity index (χ0v) is 12.6. The summed E-state index contributed by atoms with van der Waals surface area (Å²) in [6.07, 6.45) is 2.00. The molecule has 108 valence electrons. The molecule has 0 aliphatic carbocycles. The first-order chi connectivity index (χ1) is 9.47. The number of hydrogen-bond donors (Lipinski definition) is 1. The number of carbonyl (C=O) groups excluding carboxylic acids is 2. The number of benzene rings is 1. The van der Waals surface area contributed by atoms with E-state index in [1.165, 1.54) is 6.92 Å². The number of anilines is 1. The van der Waals surface area contributed by atoms with Crippen molar-refractivity contribution in [3.8, 4) is 0 Å². The second-order valence-electron chi connectivity index (χ2n) is 5.44. The van der Waals surface area contributed by atoms with Gasteiger partial charge >= 0.3 is 0 Å². The van der Waals surface area contributed by atoms with Crippen molar-refractivity contribution >= 4 is 17.5 Å². The van der Waals surface area contributed by atoms with E-state index in [1.807, 2.05) is 30.9 Å². The predicted molar refractivity (Wildman–Crippen MR) is 79.7 cm³/mol. The second-order valence-corrected chi connectivity index (χ2v) is 5.44. The zero-order valence-electron chi connectivity index (χ0n) is 12.6. The van der Waals surface area contributed by atoms with E-state index in [2.05, 4.69) is 12.2 Å². The van der Waals surface area contributed by atoms with Crippen LogP contribution in [-0.2, 0) is 9.59 Å². The predicted octanol–water partition coefficient (Wildman–Crippen LogP) is 2.63. The largest absolute Gasteiger partial charge is 0.341 e. The van der Waals surface area contributed by atoms with E-state index >= 15 is 0 Å². The van der Waals surface area contributed by atoms with Gasteiger partial charge in [-0.15, -0.1) is 0 Å². The van der Waals surface area contributed by atoms with Gasteiger partial charge in [0.25, 0.3) is 5.91 Å². The van der Waals surface area contributed by atoms with Crippen LogP contribution in [0.15, 0.2) is 12.1 Å². The number of unbranched alkanes of at least 4 members (excludes halogenated alkanes) is 1. The highest BCUT2D eigenvalue weighted by Gasteiger charge is 2.39. The minimum Gasteiger partial charge on any atom is -0.341 e. The molecule has 0 unspecified atom stereocenters. The Bertz CT molecular complexity index is 552. The molecule has 0 saturated carbocycles. The minimum atomic E-state index is -0.528. The number of hydrogen-bond acceptors (Lipinski definition) is 2. The lowest BCUT2D eigenvalue weighted by Gasteiger charge is -2.19. The monoisotopic (exact) mass is 274 g/mol. The van der Waals surface area contributed by atoms with Crippen molar-refractivity contribution in [1.29, 1.82) is 0 Å². The third kappa shape index (κ3) is 2.42. The van der Waals surface area contributed by atoms with Crippen LogP contribution in [0.5, 0.6) is 0 Å². The number of amides is 2. The Labute approximate surface area is 120 Å². The van der Waals surface area contributed by atoms with Gasteiger partial charge in [-0.1, -0.05) is 25.5 Å². The Morgan fingerprint density at radius 3 is 2.55 bits per heavy atom. The summed E-state index contributed by atoms with van der Waals surface area (Å²) in [4.78, 5) is 25.8. The fraction of sp³-hybridized carbons (Fsp3) is 0.500. The van der Waals surface area contributed by atoms with Crippen molar-refractivity contribution in [2.75, 3.05) is 11.4 Å². The molecule has 0 radical (unpaired) electrons. The molecule has 0 bridgehead atoms. The molecule has 1 aliphatic rings. The van der Waals surface area contributed by atoms with Crippen molar-refractivity contribution in [1.82, 2.24) is 5.32 Å². The van der Waals surface area contributed by atoms with E-state index in [9.17, 15) is 9.59 Å². The quantitative estimate of drug-likeness (QED) is 0.917. The van der Waals surface area contributed by atoms with Crippen molar-refractivity contribution in [3.05, 3.63) is 28.8 Å². The Kier molecular flexibility index (Phi) is 4.12. The maximum absolute atomic E-state index is 12.6. The Morgan fingerprint density at radius 2 is 1.95 bits per heavy atom. The molecule has 1 heterocycles. The fourth-order valence-electron chi connectivity index (χ4n) is 2.81. The highest BCUT2D eigenvalue weighted by molar-refractivity contribution is 6.07. The fourth-order valence-corrected chi connectivity index (χ4v) is 2.81. The molecule has 0 aromatic heterocycles. The van der Waals surface area contributed by atoms with Crippen LogP contribution >= 0.6 is 0 Å². The average Bonchev–Trinajstić information content (AvgIpc) is 2.66. The summed E-state index contributed by atoms with van der Waals surface area (Å²) in [5, 5.41) is 2.79. The first kappa shape index (κ1) is 14.6. The van der Waals surface area contributed by atoms with Gasteiger partial charge in [0.2, 0.25) is 5.91 Å². The van der Waals surface area contributed by atoms with Crippen LogP contribution in [-0.4, -0.2) is 18.4 Å². The summed E-state index contributed by atoms with van der Waals surface area (Å²) in [5.41, 5.74) is 4.09. The number of rotatable bonds is 4. The van der Waals surface area contributed by atoms with Crippen LogP contribution < -0.4 is 10.2 Å². The van der Waals surface area contributed by atoms with Crippen molar-refractivity contribution in [3.63, 3.8) is 0 Å². The third-order valence-corrected chi connectivity index (χ3v) is 3.79. The number of aryl methyl sites for hydroxylation is 2. The van der Waals surface area contributed by atoms with Gasteiger partial charge in [0, 0.05) is 19.0 Å². The summed E-state index contributed by atoms with van der Waals surface area (Å²) < 4.78 is 0. The van der Waals surface area contributed by atoms with Crippen LogP contribution in [0.4, 0.5) is 5.69 Å². The molecule has 4 nitrogen and oxygen atoms in total. The molecule has 0 saturated heterocycles. The minimum absolute atomic E-state index is 0.0129. The molecular weight excluding hydrogens is 252 g/mol.